The van der Waals surface area contributed by atoms with Crippen molar-refractivity contribution in [2.24, 2.45) is 0 Å². The lowest BCUT2D eigenvalue weighted by molar-refractivity contribution is -0.121. The first kappa shape index (κ1) is 21.4. The summed E-state index contributed by atoms with van der Waals surface area (Å²) in [6.07, 6.45) is 0. The number of urea groups is 1. The molecular weight excluding hydrogens is 387 g/mol. The van der Waals surface area contributed by atoms with Crippen LogP contribution in [0, 0.1) is 5.82 Å². The number of halogens is 1. The maximum Gasteiger partial charge on any atom is 0.321 e. The van der Waals surface area contributed by atoms with Gasteiger partial charge in [0.15, 0.2) is 5.78 Å². The maximum atomic E-state index is 14.3. The molecule has 1 aliphatic rings. The molecule has 1 fully saturated rings. The summed E-state index contributed by atoms with van der Waals surface area (Å²) in [6.45, 7) is 4.05. The number of ketones is 1. The molecule has 158 valence electrons. The van der Waals surface area contributed by atoms with Crippen LogP contribution in [-0.4, -0.2) is 55.3 Å². The second-order valence-electron chi connectivity index (χ2n) is 7.20. The van der Waals surface area contributed by atoms with Gasteiger partial charge in [0.05, 0.1) is 12.2 Å². The zero-order chi connectivity index (χ0) is 21.5. The molecule has 0 aromatic heterocycles. The van der Waals surface area contributed by atoms with Crippen molar-refractivity contribution >= 4 is 23.4 Å². The molecule has 2 N–H and O–H groups in total. The minimum absolute atomic E-state index is 0.0956. The van der Waals surface area contributed by atoms with Gasteiger partial charge in [-0.25, -0.2) is 9.18 Å². The van der Waals surface area contributed by atoms with E-state index in [1.54, 1.807) is 12.1 Å². The molecule has 1 heterocycles. The van der Waals surface area contributed by atoms with Crippen LogP contribution >= 0.6 is 0 Å². The van der Waals surface area contributed by atoms with Gasteiger partial charge < -0.3 is 10.2 Å². The molecule has 8 heteroatoms. The Morgan fingerprint density at radius 2 is 1.70 bits per heavy atom. The van der Waals surface area contributed by atoms with Crippen LogP contribution in [-0.2, 0) is 11.3 Å². The van der Waals surface area contributed by atoms with Gasteiger partial charge in [0.25, 0.3) is 0 Å². The van der Waals surface area contributed by atoms with E-state index in [4.69, 9.17) is 0 Å². The van der Waals surface area contributed by atoms with Gasteiger partial charge in [0.1, 0.15) is 5.82 Å². The van der Waals surface area contributed by atoms with Crippen molar-refractivity contribution in [1.29, 1.82) is 0 Å². The van der Waals surface area contributed by atoms with Gasteiger partial charge in [-0.1, -0.05) is 30.3 Å². The molecule has 0 spiro atoms. The summed E-state index contributed by atoms with van der Waals surface area (Å²) in [5.74, 6) is -0.987. The Labute approximate surface area is 174 Å². The van der Waals surface area contributed by atoms with Crippen LogP contribution in [0.5, 0.6) is 0 Å². The predicted molar refractivity (Wildman–Crippen MR) is 112 cm³/mol. The van der Waals surface area contributed by atoms with Gasteiger partial charge in [-0.3, -0.25) is 19.8 Å². The number of carbonyl (C=O) groups excluding carboxylic acids is 3. The van der Waals surface area contributed by atoms with E-state index in [9.17, 15) is 18.8 Å². The van der Waals surface area contributed by atoms with Crippen molar-refractivity contribution in [3.8, 4) is 0 Å². The number of Topliss-reactive ketones (excluding diaryl/α,β-unsaturated/α-hetero) is 1. The molecule has 0 aliphatic carbocycles. The predicted octanol–water partition coefficient (Wildman–Crippen LogP) is 2.18. The molecule has 0 radical (unpaired) electrons. The average molecular weight is 412 g/mol. The van der Waals surface area contributed by atoms with Crippen molar-refractivity contribution in [3.63, 3.8) is 0 Å². The third kappa shape index (κ3) is 5.87. The Balaban J connectivity index is 1.42. The summed E-state index contributed by atoms with van der Waals surface area (Å²) in [7, 11) is 0. The van der Waals surface area contributed by atoms with Crippen LogP contribution in [0.15, 0.2) is 48.5 Å². The lowest BCUT2D eigenvalue weighted by atomic mass is 10.1. The minimum atomic E-state index is -0.532. The van der Waals surface area contributed by atoms with Crippen molar-refractivity contribution in [3.05, 3.63) is 65.5 Å². The summed E-state index contributed by atoms with van der Waals surface area (Å²) in [5, 5.41) is 4.98. The SMILES string of the molecule is CC(=O)c1ccc(N2CCN(CC(=O)NC(=O)NCc3ccccc3)CC2)c(F)c1. The Kier molecular flexibility index (Phi) is 7.13. The van der Waals surface area contributed by atoms with E-state index in [0.717, 1.165) is 5.56 Å². The minimum Gasteiger partial charge on any atom is -0.367 e. The smallest absolute Gasteiger partial charge is 0.321 e. The Morgan fingerprint density at radius 1 is 1.00 bits per heavy atom. The normalized spacial score (nSPS) is 14.3. The van der Waals surface area contributed by atoms with Crippen molar-refractivity contribution < 1.29 is 18.8 Å². The maximum absolute atomic E-state index is 14.3. The number of imide groups is 1. The number of nitrogens with zero attached hydrogens (tertiary/aromatic N) is 2. The first-order valence-corrected chi connectivity index (χ1v) is 9.82. The molecule has 1 aliphatic heterocycles. The number of piperazine rings is 1. The number of anilines is 1. The molecule has 3 rings (SSSR count). The van der Waals surface area contributed by atoms with E-state index >= 15 is 0 Å². The molecule has 7 nitrogen and oxygen atoms in total. The van der Waals surface area contributed by atoms with Gasteiger partial charge in [0.2, 0.25) is 5.91 Å². The van der Waals surface area contributed by atoms with Crippen LogP contribution in [0.4, 0.5) is 14.9 Å². The lowest BCUT2D eigenvalue weighted by Gasteiger charge is -2.35. The monoisotopic (exact) mass is 412 g/mol. The highest BCUT2D eigenvalue weighted by molar-refractivity contribution is 5.95. The van der Waals surface area contributed by atoms with Crippen LogP contribution in [0.25, 0.3) is 0 Å². The van der Waals surface area contributed by atoms with Crippen LogP contribution in [0.3, 0.4) is 0 Å². The molecule has 0 bridgehead atoms. The molecular formula is C22H25FN4O3. The van der Waals surface area contributed by atoms with E-state index in [0.29, 0.717) is 44.0 Å². The van der Waals surface area contributed by atoms with E-state index in [2.05, 4.69) is 10.6 Å². The fourth-order valence-corrected chi connectivity index (χ4v) is 3.32. The number of benzene rings is 2. The lowest BCUT2D eigenvalue weighted by Crippen LogP contribution is -2.51. The van der Waals surface area contributed by atoms with Crippen molar-refractivity contribution in [1.82, 2.24) is 15.5 Å². The Hall–Kier alpha value is -3.26. The van der Waals surface area contributed by atoms with Crippen molar-refractivity contribution in [2.45, 2.75) is 13.5 Å². The molecule has 2 aromatic carbocycles. The first-order valence-electron chi connectivity index (χ1n) is 9.82. The highest BCUT2D eigenvalue weighted by atomic mass is 19.1. The second-order valence-corrected chi connectivity index (χ2v) is 7.20. The molecule has 30 heavy (non-hydrogen) atoms. The first-order chi connectivity index (χ1) is 14.4. The summed E-state index contributed by atoms with van der Waals surface area (Å²) in [5.41, 5.74) is 1.74. The van der Waals surface area contributed by atoms with E-state index in [1.807, 2.05) is 40.1 Å². The molecule has 0 atom stereocenters. The largest absolute Gasteiger partial charge is 0.367 e. The number of nitrogens with one attached hydrogen (secondary N) is 2. The topological polar surface area (TPSA) is 81.8 Å². The van der Waals surface area contributed by atoms with Gasteiger partial charge >= 0.3 is 6.03 Å². The molecule has 1 saturated heterocycles. The second kappa shape index (κ2) is 9.98. The van der Waals surface area contributed by atoms with E-state index in [-0.39, 0.29) is 18.2 Å². The number of carbonyl (C=O) groups is 3. The number of hydrogen-bond donors (Lipinski definition) is 2. The summed E-state index contributed by atoms with van der Waals surface area (Å²) >= 11 is 0. The third-order valence-corrected chi connectivity index (χ3v) is 4.98. The fraction of sp³-hybridized carbons (Fsp3) is 0.318. The molecule has 2 aromatic rings. The van der Waals surface area contributed by atoms with Gasteiger partial charge in [-0.2, -0.15) is 0 Å². The standard InChI is InChI=1S/C22H25FN4O3/c1-16(28)18-7-8-20(19(23)13-18)27-11-9-26(10-12-27)15-21(29)25-22(30)24-14-17-5-3-2-4-6-17/h2-8,13H,9-12,14-15H2,1H3,(H2,24,25,29,30). The van der Waals surface area contributed by atoms with Gasteiger partial charge in [-0.05, 0) is 30.7 Å². The molecule has 0 unspecified atom stereocenters. The Morgan fingerprint density at radius 3 is 2.33 bits per heavy atom. The van der Waals surface area contributed by atoms with Crippen molar-refractivity contribution in [2.75, 3.05) is 37.6 Å². The molecule has 3 amide bonds. The highest BCUT2D eigenvalue weighted by Crippen LogP contribution is 2.22. The number of hydrogen-bond acceptors (Lipinski definition) is 5. The van der Waals surface area contributed by atoms with E-state index in [1.165, 1.54) is 13.0 Å². The van der Waals surface area contributed by atoms with Crippen LogP contribution in [0.1, 0.15) is 22.8 Å². The fourth-order valence-electron chi connectivity index (χ4n) is 3.32. The van der Waals surface area contributed by atoms with E-state index < -0.39 is 11.8 Å². The number of amides is 3. The third-order valence-electron chi connectivity index (χ3n) is 4.98. The highest BCUT2D eigenvalue weighted by Gasteiger charge is 2.22. The quantitative estimate of drug-likeness (QED) is 0.711. The number of rotatable bonds is 6. The van der Waals surface area contributed by atoms with Gasteiger partial charge in [0, 0.05) is 38.3 Å². The average Bonchev–Trinajstić information content (AvgIpc) is 2.73. The summed E-state index contributed by atoms with van der Waals surface area (Å²) < 4.78 is 14.3. The Bertz CT molecular complexity index is 912. The summed E-state index contributed by atoms with van der Waals surface area (Å²) in [4.78, 5) is 39.2. The van der Waals surface area contributed by atoms with Gasteiger partial charge in [-0.15, -0.1) is 0 Å². The molecule has 0 saturated carbocycles. The zero-order valence-electron chi connectivity index (χ0n) is 16.9. The zero-order valence-corrected chi connectivity index (χ0v) is 16.9. The summed E-state index contributed by atoms with van der Waals surface area (Å²) in [6, 6.07) is 13.4. The van der Waals surface area contributed by atoms with Crippen LogP contribution in [0.2, 0.25) is 0 Å². The van der Waals surface area contributed by atoms with Crippen LogP contribution < -0.4 is 15.5 Å².